The number of nitrogens with zero attached hydrogens (tertiary/aromatic N) is 2. The number of hydrogen-bond donors (Lipinski definition) is 0. The quantitative estimate of drug-likeness (QED) is 0.326. The summed E-state index contributed by atoms with van der Waals surface area (Å²) in [6.07, 6.45) is 2.04. The highest BCUT2D eigenvalue weighted by molar-refractivity contribution is 9.10. The Balaban J connectivity index is 1.49. The maximum atomic E-state index is 5.81. The lowest BCUT2D eigenvalue weighted by molar-refractivity contribution is 0.303. The molecule has 3 aromatic carbocycles. The van der Waals surface area contributed by atoms with E-state index in [9.17, 15) is 0 Å². The Labute approximate surface area is 167 Å². The van der Waals surface area contributed by atoms with Gasteiger partial charge in [-0.1, -0.05) is 58.4 Å². The summed E-state index contributed by atoms with van der Waals surface area (Å²) in [5, 5.41) is 0. The van der Waals surface area contributed by atoms with E-state index in [-0.39, 0.29) is 0 Å². The molecule has 0 atom stereocenters. The van der Waals surface area contributed by atoms with Crippen molar-refractivity contribution in [1.82, 2.24) is 9.55 Å². The van der Waals surface area contributed by atoms with Crippen LogP contribution in [0.1, 0.15) is 12.8 Å². The summed E-state index contributed by atoms with van der Waals surface area (Å²) in [6.45, 7) is 1.64. The minimum absolute atomic E-state index is 0.725. The molecule has 1 aromatic heterocycles. The second kappa shape index (κ2) is 8.40. The lowest BCUT2D eigenvalue weighted by Gasteiger charge is -2.10. The van der Waals surface area contributed by atoms with Gasteiger partial charge in [-0.3, -0.25) is 0 Å². The highest BCUT2D eigenvalue weighted by Gasteiger charge is 2.12. The van der Waals surface area contributed by atoms with Crippen molar-refractivity contribution in [2.45, 2.75) is 19.4 Å². The van der Waals surface area contributed by atoms with E-state index in [1.807, 2.05) is 42.5 Å². The zero-order valence-electron chi connectivity index (χ0n) is 15.0. The number of hydrogen-bond acceptors (Lipinski definition) is 2. The third-order valence-electron chi connectivity index (χ3n) is 4.53. The van der Waals surface area contributed by atoms with Crippen LogP contribution in [-0.4, -0.2) is 16.2 Å². The molecule has 0 N–H and O–H groups in total. The van der Waals surface area contributed by atoms with Gasteiger partial charge in [0.15, 0.2) is 0 Å². The average Bonchev–Trinajstić information content (AvgIpc) is 3.07. The number of ether oxygens (including phenoxy) is 1. The molecule has 1 heterocycles. The van der Waals surface area contributed by atoms with E-state index in [0.717, 1.165) is 53.1 Å². The van der Waals surface area contributed by atoms with Gasteiger partial charge in [0.1, 0.15) is 11.6 Å². The number of unbranched alkanes of at least 4 members (excludes halogenated alkanes) is 1. The van der Waals surface area contributed by atoms with Gasteiger partial charge in [0.2, 0.25) is 0 Å². The zero-order chi connectivity index (χ0) is 18.5. The van der Waals surface area contributed by atoms with Crippen molar-refractivity contribution in [3.8, 4) is 17.1 Å². The fourth-order valence-electron chi connectivity index (χ4n) is 3.23. The number of fused-ring (bicyclic) bond motifs is 1. The van der Waals surface area contributed by atoms with Gasteiger partial charge >= 0.3 is 0 Å². The van der Waals surface area contributed by atoms with E-state index < -0.39 is 0 Å². The van der Waals surface area contributed by atoms with Gasteiger partial charge in [-0.05, 0) is 49.2 Å². The molecule has 0 aliphatic carbocycles. The van der Waals surface area contributed by atoms with Crippen LogP contribution in [0.25, 0.3) is 22.4 Å². The Hall–Kier alpha value is -2.59. The molecule has 0 radical (unpaired) electrons. The Morgan fingerprint density at radius 1 is 0.852 bits per heavy atom. The maximum absolute atomic E-state index is 5.81. The monoisotopic (exact) mass is 420 g/mol. The van der Waals surface area contributed by atoms with Crippen molar-refractivity contribution in [3.63, 3.8) is 0 Å². The number of benzene rings is 3. The number of aryl methyl sites for hydroxylation is 1. The molecule has 0 aliphatic heterocycles. The van der Waals surface area contributed by atoms with Gasteiger partial charge in [0.25, 0.3) is 0 Å². The first-order valence-corrected chi connectivity index (χ1v) is 9.99. The van der Waals surface area contributed by atoms with Crippen LogP contribution in [0.4, 0.5) is 0 Å². The molecule has 3 nitrogen and oxygen atoms in total. The van der Waals surface area contributed by atoms with Crippen LogP contribution >= 0.6 is 15.9 Å². The van der Waals surface area contributed by atoms with Crippen LogP contribution < -0.4 is 4.74 Å². The van der Waals surface area contributed by atoms with Gasteiger partial charge in [0.05, 0.1) is 17.6 Å². The predicted octanol–water partition coefficient (Wildman–Crippen LogP) is 6.33. The molecular weight excluding hydrogens is 400 g/mol. The summed E-state index contributed by atoms with van der Waals surface area (Å²) < 4.78 is 9.20. The molecule has 4 heteroatoms. The standard InChI is InChI=1S/C23H21BrN2O/c24-19-10-8-9-18(17-19)23-25-21-13-4-5-14-22(21)26(23)15-6-7-16-27-20-11-2-1-3-12-20/h1-5,8-14,17H,6-7,15-16H2. The van der Waals surface area contributed by atoms with Crippen molar-refractivity contribution >= 4 is 27.0 Å². The van der Waals surface area contributed by atoms with Crippen LogP contribution in [-0.2, 0) is 6.54 Å². The first-order valence-electron chi connectivity index (χ1n) is 9.20. The Kier molecular flexibility index (Phi) is 5.54. The lowest BCUT2D eigenvalue weighted by Crippen LogP contribution is -2.04. The molecule has 0 aliphatic rings. The van der Waals surface area contributed by atoms with Gasteiger partial charge in [-0.2, -0.15) is 0 Å². The Morgan fingerprint density at radius 2 is 1.67 bits per heavy atom. The average molecular weight is 421 g/mol. The first-order chi connectivity index (χ1) is 13.3. The number of rotatable bonds is 7. The molecule has 0 saturated carbocycles. The van der Waals surface area contributed by atoms with E-state index in [1.165, 1.54) is 5.52 Å². The number of aromatic nitrogens is 2. The van der Waals surface area contributed by atoms with Crippen LogP contribution in [0.3, 0.4) is 0 Å². The second-order valence-corrected chi connectivity index (χ2v) is 7.37. The van der Waals surface area contributed by atoms with E-state index >= 15 is 0 Å². The number of para-hydroxylation sites is 3. The molecule has 0 unspecified atom stereocenters. The zero-order valence-corrected chi connectivity index (χ0v) is 16.6. The third kappa shape index (κ3) is 4.22. The molecule has 0 spiro atoms. The number of halogens is 1. The van der Waals surface area contributed by atoms with Crippen molar-refractivity contribution in [1.29, 1.82) is 0 Å². The molecule has 0 bridgehead atoms. The van der Waals surface area contributed by atoms with Crippen molar-refractivity contribution < 1.29 is 4.74 Å². The molecule has 4 aromatic rings. The first kappa shape index (κ1) is 17.8. The summed E-state index contributed by atoms with van der Waals surface area (Å²) in [5.74, 6) is 1.95. The fraction of sp³-hybridized carbons (Fsp3) is 0.174. The van der Waals surface area contributed by atoms with Crippen molar-refractivity contribution in [2.75, 3.05) is 6.61 Å². The van der Waals surface area contributed by atoms with Gasteiger partial charge in [-0.15, -0.1) is 0 Å². The van der Waals surface area contributed by atoms with E-state index in [1.54, 1.807) is 0 Å². The van der Waals surface area contributed by atoms with Gasteiger partial charge in [-0.25, -0.2) is 4.98 Å². The molecule has 0 fully saturated rings. The van der Waals surface area contributed by atoms with E-state index in [2.05, 4.69) is 56.9 Å². The minimum atomic E-state index is 0.725. The van der Waals surface area contributed by atoms with Crippen LogP contribution in [0.15, 0.2) is 83.3 Å². The smallest absolute Gasteiger partial charge is 0.141 e. The molecule has 0 saturated heterocycles. The fourth-order valence-corrected chi connectivity index (χ4v) is 3.63. The highest BCUT2D eigenvalue weighted by Crippen LogP contribution is 2.27. The molecule has 136 valence electrons. The SMILES string of the molecule is Brc1cccc(-c2nc3ccccc3n2CCCCOc2ccccc2)c1. The summed E-state index contributed by atoms with van der Waals surface area (Å²) in [5.41, 5.74) is 3.34. The van der Waals surface area contributed by atoms with E-state index in [4.69, 9.17) is 9.72 Å². The summed E-state index contributed by atoms with van der Waals surface area (Å²) in [4.78, 5) is 4.88. The van der Waals surface area contributed by atoms with Gasteiger partial charge in [0, 0.05) is 16.6 Å². The Bertz CT molecular complexity index is 1030. The summed E-state index contributed by atoms with van der Waals surface area (Å²) >= 11 is 3.57. The summed E-state index contributed by atoms with van der Waals surface area (Å²) in [6, 6.07) is 26.6. The molecule has 0 amide bonds. The van der Waals surface area contributed by atoms with Gasteiger partial charge < -0.3 is 9.30 Å². The second-order valence-electron chi connectivity index (χ2n) is 6.45. The lowest BCUT2D eigenvalue weighted by atomic mass is 10.2. The maximum Gasteiger partial charge on any atom is 0.141 e. The van der Waals surface area contributed by atoms with E-state index in [0.29, 0.717) is 0 Å². The molecule has 27 heavy (non-hydrogen) atoms. The van der Waals surface area contributed by atoms with Crippen LogP contribution in [0.5, 0.6) is 5.75 Å². The third-order valence-corrected chi connectivity index (χ3v) is 5.02. The molecule has 4 rings (SSSR count). The van der Waals surface area contributed by atoms with Crippen molar-refractivity contribution in [2.24, 2.45) is 0 Å². The topological polar surface area (TPSA) is 27.1 Å². The normalized spacial score (nSPS) is 11.0. The minimum Gasteiger partial charge on any atom is -0.494 e. The number of imidazole rings is 1. The highest BCUT2D eigenvalue weighted by atomic mass is 79.9. The predicted molar refractivity (Wildman–Crippen MR) is 114 cm³/mol. The Morgan fingerprint density at radius 3 is 2.52 bits per heavy atom. The van der Waals surface area contributed by atoms with Crippen molar-refractivity contribution in [3.05, 3.63) is 83.3 Å². The van der Waals surface area contributed by atoms with Crippen LogP contribution in [0.2, 0.25) is 0 Å². The molecular formula is C23H21BrN2O. The van der Waals surface area contributed by atoms with Crippen LogP contribution in [0, 0.1) is 0 Å². The summed E-state index contributed by atoms with van der Waals surface area (Å²) in [7, 11) is 0. The largest absolute Gasteiger partial charge is 0.494 e.